The van der Waals surface area contributed by atoms with Gasteiger partial charge in [0.25, 0.3) is 0 Å². The number of imidazole rings is 1. The van der Waals surface area contributed by atoms with Crippen LogP contribution in [0.25, 0.3) is 0 Å². The molecule has 0 amide bonds. The van der Waals surface area contributed by atoms with Crippen LogP contribution in [0.5, 0.6) is 0 Å². The van der Waals surface area contributed by atoms with Gasteiger partial charge in [-0.2, -0.15) is 12.6 Å². The number of rotatable bonds is 7. The van der Waals surface area contributed by atoms with Crippen LogP contribution in [0.4, 0.5) is 0 Å². The van der Waals surface area contributed by atoms with E-state index in [2.05, 4.69) is 45.8 Å². The molecule has 5 heteroatoms. The minimum Gasteiger partial charge on any atom is -1.00 e. The first-order chi connectivity index (χ1) is 6.86. The summed E-state index contributed by atoms with van der Waals surface area (Å²) in [6.07, 6.45) is 8.82. The smallest absolute Gasteiger partial charge is 0.243 e. The van der Waals surface area contributed by atoms with Crippen LogP contribution in [-0.2, 0) is 13.1 Å². The Morgan fingerprint density at radius 2 is 2.20 bits per heavy atom. The highest BCUT2D eigenvalue weighted by Gasteiger charge is 2.01. The molecule has 0 aliphatic rings. The van der Waals surface area contributed by atoms with Gasteiger partial charge in [0.1, 0.15) is 18.9 Å². The molecule has 3 nitrogen and oxygen atoms in total. The van der Waals surface area contributed by atoms with Gasteiger partial charge in [0.2, 0.25) is 6.33 Å². The first-order valence-electron chi connectivity index (χ1n) is 5.17. The Kier molecular flexibility index (Phi) is 9.24. The number of aromatic nitrogens is 2. The zero-order chi connectivity index (χ0) is 10.2. The number of thiol groups is 1. The number of aryl methyl sites for hydroxylation is 1. The zero-order valence-electron chi connectivity index (χ0n) is 9.19. The van der Waals surface area contributed by atoms with E-state index in [1.54, 1.807) is 0 Å². The highest BCUT2D eigenvalue weighted by Crippen LogP contribution is 1.91. The van der Waals surface area contributed by atoms with Gasteiger partial charge in [-0.15, -0.1) is 0 Å². The maximum absolute atomic E-state index is 4.20. The van der Waals surface area contributed by atoms with Crippen LogP contribution in [0.3, 0.4) is 0 Å². The Morgan fingerprint density at radius 3 is 2.87 bits per heavy atom. The SMILES string of the molecule is CNCCn1cc[n+](CCCCS)c1.[Br-]. The predicted octanol–water partition coefficient (Wildman–Crippen LogP) is -2.29. The van der Waals surface area contributed by atoms with Gasteiger partial charge in [-0.25, -0.2) is 9.13 Å². The number of nitrogens with zero attached hydrogens (tertiary/aromatic N) is 2. The highest BCUT2D eigenvalue weighted by atomic mass is 79.9. The van der Waals surface area contributed by atoms with E-state index in [1.165, 1.54) is 12.8 Å². The number of unbranched alkanes of at least 4 members (excludes halogenated alkanes) is 1. The van der Waals surface area contributed by atoms with Crippen molar-refractivity contribution >= 4 is 12.6 Å². The number of nitrogens with one attached hydrogen (secondary N) is 1. The Hall–Kier alpha value is 0. The van der Waals surface area contributed by atoms with Crippen molar-refractivity contribution in [3.63, 3.8) is 0 Å². The molecule has 0 aliphatic carbocycles. The molecule has 0 bridgehead atoms. The second-order valence-electron chi connectivity index (χ2n) is 3.42. The molecule has 0 saturated carbocycles. The lowest BCUT2D eigenvalue weighted by molar-refractivity contribution is -0.696. The van der Waals surface area contributed by atoms with Crippen LogP contribution < -0.4 is 26.9 Å². The summed E-state index contributed by atoms with van der Waals surface area (Å²) < 4.78 is 4.44. The largest absolute Gasteiger partial charge is 1.00 e. The lowest BCUT2D eigenvalue weighted by Gasteiger charge is -1.95. The van der Waals surface area contributed by atoms with E-state index in [0.717, 1.165) is 25.4 Å². The first-order valence-corrected chi connectivity index (χ1v) is 5.80. The van der Waals surface area contributed by atoms with E-state index in [1.807, 2.05) is 7.05 Å². The van der Waals surface area contributed by atoms with Crippen LogP contribution in [-0.4, -0.2) is 23.9 Å². The number of hydrogen-bond acceptors (Lipinski definition) is 2. The van der Waals surface area contributed by atoms with Crippen molar-refractivity contribution in [2.75, 3.05) is 19.3 Å². The quantitative estimate of drug-likeness (QED) is 0.330. The summed E-state index contributed by atoms with van der Waals surface area (Å²) in [6.45, 7) is 3.16. The minimum atomic E-state index is 0. The Labute approximate surface area is 108 Å². The fraction of sp³-hybridized carbons (Fsp3) is 0.700. The van der Waals surface area contributed by atoms with Crippen molar-refractivity contribution in [1.29, 1.82) is 0 Å². The normalized spacial score (nSPS) is 10.0. The third-order valence-corrected chi connectivity index (χ3v) is 2.51. The van der Waals surface area contributed by atoms with E-state index in [0.29, 0.717) is 0 Å². The van der Waals surface area contributed by atoms with E-state index in [4.69, 9.17) is 0 Å². The fourth-order valence-electron chi connectivity index (χ4n) is 1.35. The molecule has 0 aromatic carbocycles. The molecule has 1 rings (SSSR count). The maximum Gasteiger partial charge on any atom is 0.243 e. The molecular formula is C10H20BrN3S. The molecule has 0 saturated heterocycles. The fourth-order valence-corrected chi connectivity index (χ4v) is 1.57. The van der Waals surface area contributed by atoms with Crippen molar-refractivity contribution in [3.05, 3.63) is 18.7 Å². The molecule has 0 atom stereocenters. The first kappa shape index (κ1) is 15.0. The van der Waals surface area contributed by atoms with Crippen LogP contribution >= 0.6 is 12.6 Å². The Bertz CT molecular complexity index is 253. The van der Waals surface area contributed by atoms with Crippen molar-refractivity contribution in [2.45, 2.75) is 25.9 Å². The zero-order valence-corrected chi connectivity index (χ0v) is 11.7. The number of halogens is 1. The molecule has 0 fully saturated rings. The molecule has 0 unspecified atom stereocenters. The van der Waals surface area contributed by atoms with Gasteiger partial charge < -0.3 is 22.3 Å². The van der Waals surface area contributed by atoms with Crippen molar-refractivity contribution in [1.82, 2.24) is 9.88 Å². The number of hydrogen-bond donors (Lipinski definition) is 2. The van der Waals surface area contributed by atoms with Gasteiger partial charge in [0.05, 0.1) is 6.54 Å². The summed E-state index contributed by atoms with van der Waals surface area (Å²) in [5.41, 5.74) is 0. The van der Waals surface area contributed by atoms with Crippen molar-refractivity contribution in [2.24, 2.45) is 0 Å². The maximum atomic E-state index is 4.20. The van der Waals surface area contributed by atoms with Crippen molar-refractivity contribution < 1.29 is 21.5 Å². The highest BCUT2D eigenvalue weighted by molar-refractivity contribution is 7.80. The lowest BCUT2D eigenvalue weighted by Crippen LogP contribution is -3.00. The van der Waals surface area contributed by atoms with E-state index < -0.39 is 0 Å². The van der Waals surface area contributed by atoms with Crippen molar-refractivity contribution in [3.8, 4) is 0 Å². The number of likely N-dealkylation sites (N-methyl/N-ethyl adjacent to an activating group) is 1. The summed E-state index contributed by atoms with van der Waals surface area (Å²) in [5.74, 6) is 0.987. The molecule has 0 spiro atoms. The average Bonchev–Trinajstić information content (AvgIpc) is 2.63. The Morgan fingerprint density at radius 1 is 1.40 bits per heavy atom. The van der Waals surface area contributed by atoms with E-state index in [9.17, 15) is 0 Å². The van der Waals surface area contributed by atoms with E-state index >= 15 is 0 Å². The molecule has 1 aromatic rings. The summed E-state index contributed by atoms with van der Waals surface area (Å²) in [7, 11) is 1.98. The molecular weight excluding hydrogens is 274 g/mol. The topological polar surface area (TPSA) is 20.8 Å². The second kappa shape index (κ2) is 9.24. The summed E-state index contributed by atoms with van der Waals surface area (Å²) >= 11 is 4.20. The predicted molar refractivity (Wildman–Crippen MR) is 61.6 cm³/mol. The molecule has 15 heavy (non-hydrogen) atoms. The van der Waals surface area contributed by atoms with Crippen LogP contribution in [0.2, 0.25) is 0 Å². The van der Waals surface area contributed by atoms with Gasteiger partial charge in [-0.1, -0.05) is 0 Å². The molecule has 0 radical (unpaired) electrons. The van der Waals surface area contributed by atoms with Gasteiger partial charge in [0.15, 0.2) is 0 Å². The van der Waals surface area contributed by atoms with E-state index in [-0.39, 0.29) is 17.0 Å². The molecule has 1 N–H and O–H groups in total. The third-order valence-electron chi connectivity index (χ3n) is 2.19. The van der Waals surface area contributed by atoms with Crippen LogP contribution in [0.1, 0.15) is 12.8 Å². The van der Waals surface area contributed by atoms with Crippen LogP contribution in [0, 0.1) is 0 Å². The van der Waals surface area contributed by atoms with Gasteiger partial charge in [-0.05, 0) is 25.6 Å². The summed E-state index contributed by atoms with van der Waals surface area (Å²) in [4.78, 5) is 0. The summed E-state index contributed by atoms with van der Waals surface area (Å²) in [6, 6.07) is 0. The van der Waals surface area contributed by atoms with Gasteiger partial charge in [-0.3, -0.25) is 0 Å². The second-order valence-corrected chi connectivity index (χ2v) is 3.87. The Balaban J connectivity index is 0.00000196. The monoisotopic (exact) mass is 293 g/mol. The lowest BCUT2D eigenvalue weighted by atomic mass is 10.3. The summed E-state index contributed by atoms with van der Waals surface area (Å²) in [5, 5.41) is 3.14. The molecule has 1 heterocycles. The standard InChI is InChI=1S/C10H19N3S.BrH/c1-11-4-6-13-8-7-12(10-13)5-2-3-9-14;/h7-8,10-11H,2-6,9H2,1H3;1H. The van der Waals surface area contributed by atoms with Gasteiger partial charge >= 0.3 is 0 Å². The third kappa shape index (κ3) is 6.22. The average molecular weight is 294 g/mol. The molecule has 1 aromatic heterocycles. The van der Waals surface area contributed by atoms with Gasteiger partial charge in [0, 0.05) is 6.54 Å². The molecule has 88 valence electrons. The van der Waals surface area contributed by atoms with Crippen LogP contribution in [0.15, 0.2) is 18.7 Å². The minimum absolute atomic E-state index is 0. The molecule has 0 aliphatic heterocycles.